The molecule has 1 aromatic heterocycles. The van der Waals surface area contributed by atoms with Crippen LogP contribution in [0.5, 0.6) is 0 Å². The van der Waals surface area contributed by atoms with Gasteiger partial charge >= 0.3 is 0 Å². The maximum absolute atomic E-state index is 12.2. The van der Waals surface area contributed by atoms with Crippen LogP contribution in [-0.2, 0) is 14.9 Å². The molecule has 7 nitrogen and oxygen atoms in total. The van der Waals surface area contributed by atoms with Crippen LogP contribution in [0.15, 0.2) is 52.5 Å². The Labute approximate surface area is 144 Å². The van der Waals surface area contributed by atoms with Gasteiger partial charge < -0.3 is 5.32 Å². The Morgan fingerprint density at radius 3 is 2.46 bits per heavy atom. The standard InChI is InChI=1S/C15H17N3O4S2/c1-3-23-14-9-6-12(10-16-14)17-15(19)11-4-7-13(8-5-11)24(20,21)18-22-2/h4-10,18H,3H2,1-2H3,(H,17,19). The van der Waals surface area contributed by atoms with E-state index < -0.39 is 10.0 Å². The molecule has 128 valence electrons. The van der Waals surface area contributed by atoms with Crippen molar-refractivity contribution in [2.24, 2.45) is 0 Å². The molecule has 24 heavy (non-hydrogen) atoms. The fourth-order valence-electron chi connectivity index (χ4n) is 1.83. The van der Waals surface area contributed by atoms with Gasteiger partial charge in [-0.2, -0.15) is 0 Å². The lowest BCUT2D eigenvalue weighted by molar-refractivity contribution is 0.102. The van der Waals surface area contributed by atoms with Crippen molar-refractivity contribution in [2.75, 3.05) is 18.2 Å². The lowest BCUT2D eigenvalue weighted by atomic mass is 10.2. The lowest BCUT2D eigenvalue weighted by Gasteiger charge is -2.07. The quantitative estimate of drug-likeness (QED) is 0.576. The molecule has 0 atom stereocenters. The molecule has 0 aliphatic heterocycles. The molecule has 2 rings (SSSR count). The van der Waals surface area contributed by atoms with Gasteiger partial charge in [-0.15, -0.1) is 11.8 Å². The molecule has 9 heteroatoms. The fourth-order valence-corrected chi connectivity index (χ4v) is 3.23. The van der Waals surface area contributed by atoms with Gasteiger partial charge in [0.2, 0.25) is 0 Å². The summed E-state index contributed by atoms with van der Waals surface area (Å²) in [6.07, 6.45) is 1.58. The zero-order valence-electron chi connectivity index (χ0n) is 13.1. The Hall–Kier alpha value is -1.94. The van der Waals surface area contributed by atoms with Crippen LogP contribution in [0.2, 0.25) is 0 Å². The van der Waals surface area contributed by atoms with Gasteiger partial charge in [0.15, 0.2) is 0 Å². The number of carbonyl (C=O) groups is 1. The molecule has 1 aromatic carbocycles. The van der Waals surface area contributed by atoms with Gasteiger partial charge in [-0.05, 0) is 42.2 Å². The Balaban J connectivity index is 2.07. The van der Waals surface area contributed by atoms with E-state index >= 15 is 0 Å². The van der Waals surface area contributed by atoms with Crippen LogP contribution in [0.1, 0.15) is 17.3 Å². The molecular formula is C15H17N3O4S2. The molecule has 0 unspecified atom stereocenters. The van der Waals surface area contributed by atoms with Crippen molar-refractivity contribution >= 4 is 33.4 Å². The van der Waals surface area contributed by atoms with Crippen molar-refractivity contribution in [1.82, 2.24) is 9.87 Å². The molecule has 1 amide bonds. The number of hydrogen-bond donors (Lipinski definition) is 2. The molecule has 0 fully saturated rings. The van der Waals surface area contributed by atoms with Crippen molar-refractivity contribution < 1.29 is 18.0 Å². The predicted octanol–water partition coefficient (Wildman–Crippen LogP) is 2.29. The summed E-state index contributed by atoms with van der Waals surface area (Å²) in [6.45, 7) is 2.04. The van der Waals surface area contributed by atoms with Crippen LogP contribution in [-0.4, -0.2) is 32.2 Å². The minimum Gasteiger partial charge on any atom is -0.321 e. The molecule has 0 saturated carbocycles. The highest BCUT2D eigenvalue weighted by Gasteiger charge is 2.14. The number of pyridine rings is 1. The van der Waals surface area contributed by atoms with E-state index in [1.54, 1.807) is 24.0 Å². The molecule has 0 aliphatic rings. The summed E-state index contributed by atoms with van der Waals surface area (Å²) in [5.41, 5.74) is 0.900. The number of sulfonamides is 1. The number of thioether (sulfide) groups is 1. The van der Waals surface area contributed by atoms with E-state index in [1.807, 2.05) is 17.9 Å². The van der Waals surface area contributed by atoms with Crippen LogP contribution in [0.4, 0.5) is 5.69 Å². The summed E-state index contributed by atoms with van der Waals surface area (Å²) in [7, 11) is -2.53. The maximum atomic E-state index is 12.2. The number of rotatable bonds is 7. The largest absolute Gasteiger partial charge is 0.321 e. The van der Waals surface area contributed by atoms with E-state index in [1.165, 1.54) is 31.4 Å². The van der Waals surface area contributed by atoms with Crippen molar-refractivity contribution in [3.05, 3.63) is 48.2 Å². The van der Waals surface area contributed by atoms with Gasteiger partial charge in [-0.3, -0.25) is 9.63 Å². The van der Waals surface area contributed by atoms with Crippen LogP contribution >= 0.6 is 11.8 Å². The molecule has 0 bridgehead atoms. The maximum Gasteiger partial charge on any atom is 0.262 e. The first kappa shape index (κ1) is 18.4. The molecule has 2 N–H and O–H groups in total. The van der Waals surface area contributed by atoms with Crippen LogP contribution in [0.3, 0.4) is 0 Å². The van der Waals surface area contributed by atoms with Crippen molar-refractivity contribution in [1.29, 1.82) is 0 Å². The van der Waals surface area contributed by atoms with Crippen LogP contribution < -0.4 is 10.2 Å². The number of benzene rings is 1. The number of nitrogens with one attached hydrogen (secondary N) is 2. The second-order valence-electron chi connectivity index (χ2n) is 4.59. The third-order valence-electron chi connectivity index (χ3n) is 2.91. The molecule has 2 aromatic rings. The highest BCUT2D eigenvalue weighted by atomic mass is 32.2. The molecule has 0 spiro atoms. The summed E-state index contributed by atoms with van der Waals surface area (Å²) in [6, 6.07) is 9.10. The van der Waals surface area contributed by atoms with E-state index in [0.29, 0.717) is 11.3 Å². The Bertz CT molecular complexity index is 790. The van der Waals surface area contributed by atoms with E-state index in [-0.39, 0.29) is 10.8 Å². The summed E-state index contributed by atoms with van der Waals surface area (Å²) in [5.74, 6) is 0.572. The number of amides is 1. The van der Waals surface area contributed by atoms with E-state index in [0.717, 1.165) is 10.8 Å². The summed E-state index contributed by atoms with van der Waals surface area (Å²) in [4.78, 5) is 22.7. The topological polar surface area (TPSA) is 97.4 Å². The fraction of sp³-hybridized carbons (Fsp3) is 0.200. The van der Waals surface area contributed by atoms with Gasteiger partial charge in [0.25, 0.3) is 15.9 Å². The highest BCUT2D eigenvalue weighted by molar-refractivity contribution is 7.99. The molecule has 0 saturated heterocycles. The minimum atomic E-state index is -3.74. The van der Waals surface area contributed by atoms with E-state index in [4.69, 9.17) is 0 Å². The molecule has 0 radical (unpaired) electrons. The minimum absolute atomic E-state index is 0.00325. The summed E-state index contributed by atoms with van der Waals surface area (Å²) >= 11 is 1.61. The smallest absolute Gasteiger partial charge is 0.262 e. The van der Waals surface area contributed by atoms with Crippen LogP contribution in [0, 0.1) is 0 Å². The average molecular weight is 367 g/mol. The number of aromatic nitrogens is 1. The van der Waals surface area contributed by atoms with Gasteiger partial charge in [0.1, 0.15) is 0 Å². The van der Waals surface area contributed by atoms with Gasteiger partial charge in [-0.1, -0.05) is 11.8 Å². The molecule has 0 aliphatic carbocycles. The highest BCUT2D eigenvalue weighted by Crippen LogP contribution is 2.17. The molecule has 1 heterocycles. The zero-order chi connectivity index (χ0) is 17.6. The van der Waals surface area contributed by atoms with E-state index in [2.05, 4.69) is 15.1 Å². The molecular weight excluding hydrogens is 350 g/mol. The average Bonchev–Trinajstić information content (AvgIpc) is 2.57. The monoisotopic (exact) mass is 367 g/mol. The lowest BCUT2D eigenvalue weighted by Crippen LogP contribution is -2.22. The summed E-state index contributed by atoms with van der Waals surface area (Å²) in [5, 5.41) is 3.60. The predicted molar refractivity (Wildman–Crippen MR) is 92.4 cm³/mol. The number of nitrogens with zero attached hydrogens (tertiary/aromatic N) is 1. The first-order valence-corrected chi connectivity index (χ1v) is 9.48. The van der Waals surface area contributed by atoms with Gasteiger partial charge in [0.05, 0.1) is 28.9 Å². The number of hydrogen-bond acceptors (Lipinski definition) is 6. The summed E-state index contributed by atoms with van der Waals surface area (Å²) < 4.78 is 23.5. The zero-order valence-corrected chi connectivity index (χ0v) is 14.8. The van der Waals surface area contributed by atoms with Crippen LogP contribution in [0.25, 0.3) is 0 Å². The third kappa shape index (κ3) is 4.78. The normalized spacial score (nSPS) is 11.2. The van der Waals surface area contributed by atoms with Gasteiger partial charge in [-0.25, -0.2) is 13.4 Å². The first-order valence-electron chi connectivity index (χ1n) is 7.01. The van der Waals surface area contributed by atoms with Crippen molar-refractivity contribution in [2.45, 2.75) is 16.8 Å². The SMILES string of the molecule is CCSc1ccc(NC(=O)c2ccc(S(=O)(=O)NOC)cc2)cn1. The number of anilines is 1. The Morgan fingerprint density at radius 2 is 1.92 bits per heavy atom. The first-order chi connectivity index (χ1) is 11.5. The Kier molecular flexibility index (Phi) is 6.32. The third-order valence-corrected chi connectivity index (χ3v) is 5.01. The second kappa shape index (κ2) is 8.25. The number of carbonyl (C=O) groups excluding carboxylic acids is 1. The second-order valence-corrected chi connectivity index (χ2v) is 7.52. The van der Waals surface area contributed by atoms with Crippen molar-refractivity contribution in [3.8, 4) is 0 Å². The van der Waals surface area contributed by atoms with Gasteiger partial charge in [0, 0.05) is 5.56 Å². The van der Waals surface area contributed by atoms with E-state index in [9.17, 15) is 13.2 Å². The van der Waals surface area contributed by atoms with Crippen molar-refractivity contribution in [3.63, 3.8) is 0 Å². The Morgan fingerprint density at radius 1 is 1.21 bits per heavy atom.